The van der Waals surface area contributed by atoms with Gasteiger partial charge in [-0.25, -0.2) is 4.98 Å². The minimum Gasteiger partial charge on any atom is -0.347 e. The van der Waals surface area contributed by atoms with Gasteiger partial charge in [0.05, 0.1) is 12.0 Å². The molecule has 1 saturated heterocycles. The molecule has 1 unspecified atom stereocenters. The van der Waals surface area contributed by atoms with Gasteiger partial charge >= 0.3 is 0 Å². The summed E-state index contributed by atoms with van der Waals surface area (Å²) in [6, 6.07) is 0.0757. The van der Waals surface area contributed by atoms with Crippen molar-refractivity contribution in [3.8, 4) is 0 Å². The fourth-order valence-electron chi connectivity index (χ4n) is 1.63. The third-order valence-electron chi connectivity index (χ3n) is 2.81. The first-order chi connectivity index (χ1) is 7.70. The van der Waals surface area contributed by atoms with Crippen LogP contribution in [0.2, 0.25) is 0 Å². The topological polar surface area (TPSA) is 54.0 Å². The number of hydrogen-bond donors (Lipinski definition) is 2. The van der Waals surface area contributed by atoms with E-state index < -0.39 is 0 Å². The van der Waals surface area contributed by atoms with E-state index in [9.17, 15) is 4.79 Å². The van der Waals surface area contributed by atoms with E-state index in [1.807, 2.05) is 12.3 Å². The molecule has 1 aromatic rings. The van der Waals surface area contributed by atoms with Gasteiger partial charge in [0.1, 0.15) is 5.01 Å². The van der Waals surface area contributed by atoms with Gasteiger partial charge in [-0.3, -0.25) is 4.79 Å². The molecule has 88 valence electrons. The molecule has 0 radical (unpaired) electrons. The summed E-state index contributed by atoms with van der Waals surface area (Å²) in [5.74, 6) is 0.300. The van der Waals surface area contributed by atoms with Gasteiger partial charge in [-0.15, -0.1) is 11.3 Å². The Labute approximate surface area is 99.5 Å². The standard InChI is InChI=1S/C11H17N3OS/c1-3-9(11-13-7(2)6-16-11)14-10(15)8-4-12-5-8/h6,8-9,12H,3-5H2,1-2H3,(H,14,15). The van der Waals surface area contributed by atoms with Gasteiger partial charge in [0.15, 0.2) is 0 Å². The first kappa shape index (κ1) is 11.5. The molecule has 0 saturated carbocycles. The van der Waals surface area contributed by atoms with Crippen LogP contribution in [0.5, 0.6) is 0 Å². The average Bonchev–Trinajstić information content (AvgIpc) is 2.58. The smallest absolute Gasteiger partial charge is 0.226 e. The van der Waals surface area contributed by atoms with E-state index in [0.717, 1.165) is 30.2 Å². The minimum absolute atomic E-state index is 0.0757. The van der Waals surface area contributed by atoms with Gasteiger partial charge in [0.2, 0.25) is 5.91 Å². The molecule has 0 aromatic carbocycles. The summed E-state index contributed by atoms with van der Waals surface area (Å²) in [7, 11) is 0. The average molecular weight is 239 g/mol. The Morgan fingerprint density at radius 3 is 2.94 bits per heavy atom. The lowest BCUT2D eigenvalue weighted by molar-refractivity contribution is -0.127. The molecule has 5 heteroatoms. The maximum absolute atomic E-state index is 11.8. The summed E-state index contributed by atoms with van der Waals surface area (Å²) in [5.41, 5.74) is 1.03. The first-order valence-corrected chi connectivity index (χ1v) is 6.51. The van der Waals surface area contributed by atoms with Crippen LogP contribution in [0.3, 0.4) is 0 Å². The molecule has 0 aliphatic carbocycles. The Kier molecular flexibility index (Phi) is 3.56. The van der Waals surface area contributed by atoms with Crippen molar-refractivity contribution in [1.29, 1.82) is 0 Å². The van der Waals surface area contributed by atoms with E-state index in [2.05, 4.69) is 22.5 Å². The molecular weight excluding hydrogens is 222 g/mol. The quantitative estimate of drug-likeness (QED) is 0.831. The van der Waals surface area contributed by atoms with Crippen LogP contribution >= 0.6 is 11.3 Å². The predicted octanol–water partition coefficient (Wildman–Crippen LogP) is 1.24. The van der Waals surface area contributed by atoms with Crippen LogP contribution in [0.1, 0.15) is 30.1 Å². The van der Waals surface area contributed by atoms with E-state index in [1.165, 1.54) is 0 Å². The van der Waals surface area contributed by atoms with Gasteiger partial charge in [0.25, 0.3) is 0 Å². The molecule has 2 N–H and O–H groups in total. The molecule has 2 rings (SSSR count). The summed E-state index contributed by atoms with van der Waals surface area (Å²) < 4.78 is 0. The van der Waals surface area contributed by atoms with Crippen LogP contribution in [0.15, 0.2) is 5.38 Å². The molecule has 1 amide bonds. The normalized spacial score (nSPS) is 17.9. The molecule has 4 nitrogen and oxygen atoms in total. The molecular formula is C11H17N3OS. The van der Waals surface area contributed by atoms with E-state index in [0.29, 0.717) is 0 Å². The lowest BCUT2D eigenvalue weighted by Gasteiger charge is -2.27. The predicted molar refractivity (Wildman–Crippen MR) is 64.4 cm³/mol. The Hall–Kier alpha value is -0.940. The summed E-state index contributed by atoms with van der Waals surface area (Å²) in [5, 5.41) is 9.21. The van der Waals surface area contributed by atoms with E-state index >= 15 is 0 Å². The van der Waals surface area contributed by atoms with Crippen molar-refractivity contribution in [3.63, 3.8) is 0 Å². The highest BCUT2D eigenvalue weighted by Crippen LogP contribution is 2.21. The van der Waals surface area contributed by atoms with E-state index in [4.69, 9.17) is 0 Å². The zero-order chi connectivity index (χ0) is 11.5. The van der Waals surface area contributed by atoms with Gasteiger partial charge < -0.3 is 10.6 Å². The molecule has 1 atom stereocenters. The van der Waals surface area contributed by atoms with E-state index in [-0.39, 0.29) is 17.9 Å². The van der Waals surface area contributed by atoms with E-state index in [1.54, 1.807) is 11.3 Å². The summed E-state index contributed by atoms with van der Waals surface area (Å²) in [4.78, 5) is 16.2. The molecule has 0 bridgehead atoms. The molecule has 1 fully saturated rings. The highest BCUT2D eigenvalue weighted by Gasteiger charge is 2.27. The van der Waals surface area contributed by atoms with Crippen LogP contribution in [0, 0.1) is 12.8 Å². The van der Waals surface area contributed by atoms with Crippen LogP contribution in [0.4, 0.5) is 0 Å². The van der Waals surface area contributed by atoms with Crippen molar-refractivity contribution in [3.05, 3.63) is 16.1 Å². The van der Waals surface area contributed by atoms with Crippen LogP contribution < -0.4 is 10.6 Å². The largest absolute Gasteiger partial charge is 0.347 e. The molecule has 2 heterocycles. The lowest BCUT2D eigenvalue weighted by atomic mass is 10.0. The summed E-state index contributed by atoms with van der Waals surface area (Å²) in [6.07, 6.45) is 0.888. The second-order valence-electron chi connectivity index (χ2n) is 4.15. The van der Waals surface area contributed by atoms with Crippen molar-refractivity contribution >= 4 is 17.2 Å². The molecule has 16 heavy (non-hydrogen) atoms. The minimum atomic E-state index is 0.0757. The number of nitrogens with one attached hydrogen (secondary N) is 2. The third kappa shape index (κ3) is 2.41. The zero-order valence-electron chi connectivity index (χ0n) is 9.62. The molecule has 1 aliphatic heterocycles. The number of nitrogens with zero attached hydrogens (tertiary/aromatic N) is 1. The third-order valence-corrected chi connectivity index (χ3v) is 3.89. The highest BCUT2D eigenvalue weighted by atomic mass is 32.1. The Balaban J connectivity index is 1.97. The number of rotatable bonds is 4. The second-order valence-corrected chi connectivity index (χ2v) is 5.04. The number of carbonyl (C=O) groups is 1. The molecule has 1 aromatic heterocycles. The number of aromatic nitrogens is 1. The SMILES string of the molecule is CCC(NC(=O)C1CNC1)c1nc(C)cs1. The maximum atomic E-state index is 11.8. The van der Waals surface area contributed by atoms with Crippen LogP contribution in [0.25, 0.3) is 0 Å². The monoisotopic (exact) mass is 239 g/mol. The molecule has 1 aliphatic rings. The van der Waals surface area contributed by atoms with Gasteiger partial charge in [0, 0.05) is 24.2 Å². The first-order valence-electron chi connectivity index (χ1n) is 5.63. The number of aryl methyl sites for hydroxylation is 1. The van der Waals surface area contributed by atoms with Crippen molar-refractivity contribution in [2.75, 3.05) is 13.1 Å². The van der Waals surface area contributed by atoms with Gasteiger partial charge in [-0.05, 0) is 13.3 Å². The van der Waals surface area contributed by atoms with Crippen LogP contribution in [-0.4, -0.2) is 24.0 Å². The lowest BCUT2D eigenvalue weighted by Crippen LogP contribution is -2.51. The Bertz CT molecular complexity index is 373. The summed E-state index contributed by atoms with van der Waals surface area (Å²) >= 11 is 1.62. The van der Waals surface area contributed by atoms with Crippen molar-refractivity contribution in [2.45, 2.75) is 26.3 Å². The molecule has 0 spiro atoms. The van der Waals surface area contributed by atoms with Crippen molar-refractivity contribution < 1.29 is 4.79 Å². The number of amides is 1. The summed E-state index contributed by atoms with van der Waals surface area (Å²) in [6.45, 7) is 5.66. The van der Waals surface area contributed by atoms with Gasteiger partial charge in [-0.1, -0.05) is 6.92 Å². The van der Waals surface area contributed by atoms with Gasteiger partial charge in [-0.2, -0.15) is 0 Å². The Morgan fingerprint density at radius 1 is 1.75 bits per heavy atom. The van der Waals surface area contributed by atoms with Crippen LogP contribution in [-0.2, 0) is 4.79 Å². The van der Waals surface area contributed by atoms with Crippen molar-refractivity contribution in [2.24, 2.45) is 5.92 Å². The fraction of sp³-hybridized carbons (Fsp3) is 0.636. The zero-order valence-corrected chi connectivity index (χ0v) is 10.4. The fourth-order valence-corrected chi connectivity index (χ4v) is 2.56. The van der Waals surface area contributed by atoms with Crippen molar-refractivity contribution in [1.82, 2.24) is 15.6 Å². The number of carbonyl (C=O) groups excluding carboxylic acids is 1. The second kappa shape index (κ2) is 4.93. The number of hydrogen-bond acceptors (Lipinski definition) is 4. The Morgan fingerprint density at radius 2 is 2.50 bits per heavy atom. The maximum Gasteiger partial charge on any atom is 0.226 e. The highest BCUT2D eigenvalue weighted by molar-refractivity contribution is 7.09. The number of thiazole rings is 1.